The van der Waals surface area contributed by atoms with Gasteiger partial charge in [0.25, 0.3) is 5.69 Å². The maximum atomic E-state index is 12.1. The van der Waals surface area contributed by atoms with Crippen molar-refractivity contribution in [2.45, 2.75) is 6.18 Å². The van der Waals surface area contributed by atoms with E-state index in [1.165, 1.54) is 0 Å². The van der Waals surface area contributed by atoms with E-state index in [0.29, 0.717) is 12.1 Å². The van der Waals surface area contributed by atoms with Crippen LogP contribution in [0.4, 0.5) is 24.5 Å². The van der Waals surface area contributed by atoms with Gasteiger partial charge < -0.3 is 10.4 Å². The summed E-state index contributed by atoms with van der Waals surface area (Å²) in [5.41, 5.74) is -3.08. The fraction of sp³-hybridized carbons (Fsp3) is 0.111. The van der Waals surface area contributed by atoms with Gasteiger partial charge in [-0.15, -0.1) is 0 Å². The lowest BCUT2D eigenvalue weighted by Gasteiger charge is -2.11. The molecule has 1 amide bonds. The molecule has 0 spiro atoms. The van der Waals surface area contributed by atoms with Gasteiger partial charge in [-0.25, -0.2) is 4.79 Å². The molecule has 0 aliphatic carbocycles. The van der Waals surface area contributed by atoms with Crippen molar-refractivity contribution in [1.29, 1.82) is 0 Å². The zero-order chi connectivity index (χ0) is 15.7. The zero-order valence-electron chi connectivity index (χ0n) is 9.19. The lowest BCUT2D eigenvalue weighted by Crippen LogP contribution is -2.31. The highest BCUT2D eigenvalue weighted by molar-refractivity contribution is 6.31. The monoisotopic (exact) mass is 312 g/mol. The molecular formula is C9H4ClF3N2O5. The summed E-state index contributed by atoms with van der Waals surface area (Å²) in [6, 6.07) is 1.31. The van der Waals surface area contributed by atoms with Gasteiger partial charge >= 0.3 is 18.1 Å². The van der Waals surface area contributed by atoms with E-state index in [-0.39, 0.29) is 5.02 Å². The lowest BCUT2D eigenvalue weighted by atomic mass is 10.1. The first kappa shape index (κ1) is 15.7. The number of rotatable bonds is 3. The summed E-state index contributed by atoms with van der Waals surface area (Å²) in [6.45, 7) is 0. The molecule has 0 radical (unpaired) electrons. The normalized spacial score (nSPS) is 11.0. The Balaban J connectivity index is 3.45. The number of halogens is 4. The van der Waals surface area contributed by atoms with E-state index in [0.717, 1.165) is 5.32 Å². The SMILES string of the molecule is O=C(O)c1cc(Cl)cc([N+](=O)[O-])c1NC(=O)C(F)(F)F. The van der Waals surface area contributed by atoms with Crippen LogP contribution in [0.25, 0.3) is 0 Å². The van der Waals surface area contributed by atoms with Crippen LogP contribution >= 0.6 is 11.6 Å². The number of nitro benzene ring substituents is 1. The first-order valence-electron chi connectivity index (χ1n) is 4.63. The Labute approximate surface area is 113 Å². The van der Waals surface area contributed by atoms with E-state index in [1.54, 1.807) is 0 Å². The van der Waals surface area contributed by atoms with E-state index in [2.05, 4.69) is 0 Å². The Morgan fingerprint density at radius 3 is 2.30 bits per heavy atom. The summed E-state index contributed by atoms with van der Waals surface area (Å²) in [5, 5.41) is 20.3. The Kier molecular flexibility index (Phi) is 4.18. The number of amides is 1. The fourth-order valence-corrected chi connectivity index (χ4v) is 1.43. The van der Waals surface area contributed by atoms with Crippen LogP contribution in [0.1, 0.15) is 10.4 Å². The summed E-state index contributed by atoms with van der Waals surface area (Å²) in [4.78, 5) is 31.2. The predicted molar refractivity (Wildman–Crippen MR) is 59.8 cm³/mol. The van der Waals surface area contributed by atoms with Crippen LogP contribution in [0.2, 0.25) is 5.02 Å². The van der Waals surface area contributed by atoms with Crippen molar-refractivity contribution >= 4 is 34.9 Å². The quantitative estimate of drug-likeness (QED) is 0.658. The maximum Gasteiger partial charge on any atom is 0.471 e. The van der Waals surface area contributed by atoms with Crippen molar-refractivity contribution in [3.05, 3.63) is 32.8 Å². The number of hydrogen-bond acceptors (Lipinski definition) is 4. The van der Waals surface area contributed by atoms with Crippen molar-refractivity contribution in [2.75, 3.05) is 5.32 Å². The van der Waals surface area contributed by atoms with Crippen molar-refractivity contribution < 1.29 is 32.8 Å². The molecule has 108 valence electrons. The molecule has 0 aliphatic rings. The average molecular weight is 313 g/mol. The number of nitrogens with zero attached hydrogens (tertiary/aromatic N) is 1. The molecule has 1 rings (SSSR count). The minimum atomic E-state index is -5.33. The van der Waals surface area contributed by atoms with Gasteiger partial charge in [-0.3, -0.25) is 14.9 Å². The largest absolute Gasteiger partial charge is 0.478 e. The summed E-state index contributed by atoms with van der Waals surface area (Å²) >= 11 is 5.43. The molecule has 2 N–H and O–H groups in total. The molecule has 0 heterocycles. The average Bonchev–Trinajstić information content (AvgIpc) is 2.28. The van der Waals surface area contributed by atoms with Crippen LogP contribution in [0.3, 0.4) is 0 Å². The van der Waals surface area contributed by atoms with Gasteiger partial charge in [0.05, 0.1) is 10.5 Å². The van der Waals surface area contributed by atoms with Gasteiger partial charge in [0.1, 0.15) is 5.69 Å². The van der Waals surface area contributed by atoms with Crippen molar-refractivity contribution in [1.82, 2.24) is 0 Å². The van der Waals surface area contributed by atoms with Gasteiger partial charge in [-0.05, 0) is 6.07 Å². The van der Waals surface area contributed by atoms with Crippen LogP contribution in [-0.4, -0.2) is 28.1 Å². The Morgan fingerprint density at radius 2 is 1.90 bits per heavy atom. The number of alkyl halides is 3. The predicted octanol–water partition coefficient (Wildman–Crippen LogP) is 2.45. The molecule has 1 aromatic rings. The number of carboxylic acids is 1. The van der Waals surface area contributed by atoms with Gasteiger partial charge in [0.2, 0.25) is 0 Å². The summed E-state index contributed by atoms with van der Waals surface area (Å²) in [7, 11) is 0. The molecule has 0 aliphatic heterocycles. The van der Waals surface area contributed by atoms with E-state index >= 15 is 0 Å². The molecule has 7 nitrogen and oxygen atoms in total. The third-order valence-electron chi connectivity index (χ3n) is 2.01. The molecule has 20 heavy (non-hydrogen) atoms. The van der Waals surface area contributed by atoms with Crippen LogP contribution in [0, 0.1) is 10.1 Å². The summed E-state index contributed by atoms with van der Waals surface area (Å²) < 4.78 is 36.4. The highest BCUT2D eigenvalue weighted by Gasteiger charge is 2.40. The molecule has 0 saturated heterocycles. The van der Waals surface area contributed by atoms with Gasteiger partial charge in [-0.1, -0.05) is 11.6 Å². The first-order valence-corrected chi connectivity index (χ1v) is 5.01. The molecule has 0 fully saturated rings. The van der Waals surface area contributed by atoms with Crippen LogP contribution in [0.5, 0.6) is 0 Å². The number of carboxylic acid groups (broad SMARTS) is 1. The first-order chi connectivity index (χ1) is 9.04. The second-order valence-corrected chi connectivity index (χ2v) is 3.80. The number of carbonyl (C=O) groups excluding carboxylic acids is 1. The van der Waals surface area contributed by atoms with Crippen LogP contribution in [-0.2, 0) is 4.79 Å². The molecule has 0 aromatic heterocycles. The molecule has 11 heteroatoms. The smallest absolute Gasteiger partial charge is 0.471 e. The maximum absolute atomic E-state index is 12.1. The third-order valence-corrected chi connectivity index (χ3v) is 2.22. The van der Waals surface area contributed by atoms with Gasteiger partial charge in [0, 0.05) is 11.1 Å². The number of aromatic carboxylic acids is 1. The lowest BCUT2D eigenvalue weighted by molar-refractivity contribution is -0.384. The van der Waals surface area contributed by atoms with E-state index in [9.17, 15) is 32.9 Å². The Morgan fingerprint density at radius 1 is 1.35 bits per heavy atom. The highest BCUT2D eigenvalue weighted by atomic mass is 35.5. The second kappa shape index (κ2) is 5.33. The van der Waals surface area contributed by atoms with Crippen LogP contribution in [0.15, 0.2) is 12.1 Å². The minimum Gasteiger partial charge on any atom is -0.478 e. The van der Waals surface area contributed by atoms with Crippen molar-refractivity contribution in [3.63, 3.8) is 0 Å². The number of nitrogens with one attached hydrogen (secondary N) is 1. The molecular weight excluding hydrogens is 309 g/mol. The topological polar surface area (TPSA) is 110 Å². The number of carbonyl (C=O) groups is 2. The van der Waals surface area contributed by atoms with Gasteiger partial charge in [-0.2, -0.15) is 13.2 Å². The third kappa shape index (κ3) is 3.35. The highest BCUT2D eigenvalue weighted by Crippen LogP contribution is 2.33. The van der Waals surface area contributed by atoms with Crippen LogP contribution < -0.4 is 5.32 Å². The molecule has 1 aromatic carbocycles. The molecule has 0 atom stereocenters. The standard InChI is InChI=1S/C9H4ClF3N2O5/c10-3-1-4(7(16)17)6(5(2-3)15(19)20)14-8(18)9(11,12)13/h1-2H,(H,14,18)(H,16,17). The fourth-order valence-electron chi connectivity index (χ4n) is 1.22. The Hall–Kier alpha value is -2.36. The molecule has 0 unspecified atom stereocenters. The van der Waals surface area contributed by atoms with Crippen molar-refractivity contribution in [3.8, 4) is 0 Å². The Bertz CT molecular complexity index is 567. The number of nitro groups is 1. The number of anilines is 1. The summed E-state index contributed by atoms with van der Waals surface area (Å²) in [5.74, 6) is -4.32. The summed E-state index contributed by atoms with van der Waals surface area (Å²) in [6.07, 6.45) is -5.33. The second-order valence-electron chi connectivity index (χ2n) is 3.36. The zero-order valence-corrected chi connectivity index (χ0v) is 9.95. The molecule has 0 saturated carbocycles. The van der Waals surface area contributed by atoms with Gasteiger partial charge in [0.15, 0.2) is 0 Å². The van der Waals surface area contributed by atoms with E-state index < -0.39 is 39.9 Å². The van der Waals surface area contributed by atoms with E-state index in [1.807, 2.05) is 0 Å². The molecule has 0 bridgehead atoms. The van der Waals surface area contributed by atoms with E-state index in [4.69, 9.17) is 16.7 Å². The number of benzene rings is 1. The number of hydrogen-bond donors (Lipinski definition) is 2. The minimum absolute atomic E-state index is 0.376. The van der Waals surface area contributed by atoms with Crippen molar-refractivity contribution in [2.24, 2.45) is 0 Å².